The maximum absolute atomic E-state index is 12.8. The minimum absolute atomic E-state index is 0.178. The van der Waals surface area contributed by atoms with Gasteiger partial charge < -0.3 is 14.8 Å². The first-order chi connectivity index (χ1) is 14.7. The van der Waals surface area contributed by atoms with E-state index in [1.165, 1.54) is 32.1 Å². The normalized spacial score (nSPS) is 32.9. The van der Waals surface area contributed by atoms with Gasteiger partial charge >= 0.3 is 0 Å². The summed E-state index contributed by atoms with van der Waals surface area (Å²) in [6.45, 7) is 5.46. The van der Waals surface area contributed by atoms with Crippen molar-refractivity contribution >= 4 is 11.6 Å². The topological polar surface area (TPSA) is 50.8 Å². The zero-order valence-electron chi connectivity index (χ0n) is 18.1. The molecule has 1 amide bonds. The molecule has 0 unspecified atom stereocenters. The molecule has 5 aliphatic rings. The quantitative estimate of drug-likeness (QED) is 0.651. The predicted molar refractivity (Wildman–Crippen MR) is 118 cm³/mol. The molecule has 1 heterocycles. The molecule has 0 radical (unpaired) electrons. The van der Waals surface area contributed by atoms with E-state index in [4.69, 9.17) is 9.47 Å². The summed E-state index contributed by atoms with van der Waals surface area (Å²) in [4.78, 5) is 15.2. The van der Waals surface area contributed by atoms with Gasteiger partial charge in [-0.15, -0.1) is 0 Å². The van der Waals surface area contributed by atoms with Gasteiger partial charge in [0.15, 0.2) is 0 Å². The van der Waals surface area contributed by atoms with Crippen LogP contribution >= 0.6 is 0 Å². The summed E-state index contributed by atoms with van der Waals surface area (Å²) in [6.07, 6.45) is 8.66. The van der Waals surface area contributed by atoms with Crippen molar-refractivity contribution in [1.82, 2.24) is 4.90 Å². The Kier molecular flexibility index (Phi) is 6.28. The number of rotatable bonds is 8. The Labute approximate surface area is 180 Å². The maximum atomic E-state index is 12.8. The molecule has 1 saturated heterocycles. The van der Waals surface area contributed by atoms with E-state index in [0.717, 1.165) is 74.4 Å². The first kappa shape index (κ1) is 20.3. The summed E-state index contributed by atoms with van der Waals surface area (Å²) in [6, 6.07) is 7.87. The highest BCUT2D eigenvalue weighted by molar-refractivity contribution is 5.91. The van der Waals surface area contributed by atoms with Crippen molar-refractivity contribution in [3.63, 3.8) is 0 Å². The number of hydrogen-bond donors (Lipinski definition) is 1. The smallest absolute Gasteiger partial charge is 0.224 e. The van der Waals surface area contributed by atoms with E-state index >= 15 is 0 Å². The van der Waals surface area contributed by atoms with Crippen LogP contribution in [0.15, 0.2) is 24.3 Å². The van der Waals surface area contributed by atoms with Crippen molar-refractivity contribution in [2.75, 3.05) is 44.8 Å². The number of benzene rings is 1. The first-order valence-corrected chi connectivity index (χ1v) is 12.1. The van der Waals surface area contributed by atoms with Crippen LogP contribution in [0.5, 0.6) is 5.75 Å². The van der Waals surface area contributed by atoms with Crippen LogP contribution < -0.4 is 10.1 Å². The number of anilines is 1. The number of nitrogens with zero attached hydrogens (tertiary/aromatic N) is 1. The van der Waals surface area contributed by atoms with Crippen molar-refractivity contribution in [3.05, 3.63) is 24.3 Å². The molecule has 5 nitrogen and oxygen atoms in total. The van der Waals surface area contributed by atoms with Gasteiger partial charge in [-0.25, -0.2) is 0 Å². The van der Waals surface area contributed by atoms with E-state index in [1.54, 1.807) is 0 Å². The molecular formula is C25H36N2O3. The van der Waals surface area contributed by atoms with Crippen molar-refractivity contribution < 1.29 is 14.3 Å². The third-order valence-corrected chi connectivity index (χ3v) is 7.95. The fourth-order valence-corrected chi connectivity index (χ4v) is 6.76. The third-order valence-electron chi connectivity index (χ3n) is 7.95. The molecule has 4 aliphatic carbocycles. The monoisotopic (exact) mass is 412 g/mol. The summed E-state index contributed by atoms with van der Waals surface area (Å²) in [7, 11) is 0. The highest BCUT2D eigenvalue weighted by Crippen LogP contribution is 2.57. The van der Waals surface area contributed by atoms with Gasteiger partial charge in [-0.2, -0.15) is 0 Å². The van der Waals surface area contributed by atoms with Gasteiger partial charge in [0.1, 0.15) is 5.75 Å². The second-order valence-corrected chi connectivity index (χ2v) is 10.0. The van der Waals surface area contributed by atoms with Gasteiger partial charge in [0.2, 0.25) is 5.91 Å². The van der Waals surface area contributed by atoms with E-state index in [0.29, 0.717) is 18.9 Å². The standard InChI is InChI=1S/C25H36N2O3/c28-25(17-24-20-12-18-11-19(14-20)15-21(24)13-18)26-22-3-1-4-23(16-22)30-8-2-5-27-6-9-29-10-7-27/h1,3-4,16,18-21,24H,2,5-15,17H2,(H,26,28). The average Bonchev–Trinajstić information content (AvgIpc) is 2.74. The Hall–Kier alpha value is -1.59. The van der Waals surface area contributed by atoms with Gasteiger partial charge in [-0.1, -0.05) is 6.07 Å². The van der Waals surface area contributed by atoms with Crippen LogP contribution in [0.3, 0.4) is 0 Å². The molecular weight excluding hydrogens is 376 g/mol. The highest BCUT2D eigenvalue weighted by Gasteiger charge is 2.48. The van der Waals surface area contributed by atoms with Gasteiger partial charge in [-0.3, -0.25) is 9.69 Å². The van der Waals surface area contributed by atoms with Gasteiger partial charge in [0.05, 0.1) is 19.8 Å². The average molecular weight is 413 g/mol. The minimum atomic E-state index is 0.178. The second kappa shape index (κ2) is 9.27. The van der Waals surface area contributed by atoms with E-state index < -0.39 is 0 Å². The van der Waals surface area contributed by atoms with Crippen LogP contribution in [-0.2, 0) is 9.53 Å². The fraction of sp³-hybridized carbons (Fsp3) is 0.720. The van der Waals surface area contributed by atoms with Crippen LogP contribution in [0, 0.1) is 29.6 Å². The fourth-order valence-electron chi connectivity index (χ4n) is 6.76. The van der Waals surface area contributed by atoms with Crippen LogP contribution in [0.1, 0.15) is 44.9 Å². The molecule has 4 saturated carbocycles. The molecule has 0 spiro atoms. The summed E-state index contributed by atoms with van der Waals surface area (Å²) in [5.41, 5.74) is 0.856. The van der Waals surface area contributed by atoms with Gasteiger partial charge in [0, 0.05) is 37.8 Å². The number of carbonyl (C=O) groups excluding carboxylic acids is 1. The Balaban J connectivity index is 1.07. The Morgan fingerprint density at radius 1 is 1.07 bits per heavy atom. The lowest BCUT2D eigenvalue weighted by Crippen LogP contribution is -2.46. The second-order valence-electron chi connectivity index (χ2n) is 10.0. The van der Waals surface area contributed by atoms with Crippen LogP contribution in [0.25, 0.3) is 0 Å². The van der Waals surface area contributed by atoms with Crippen LogP contribution in [0.2, 0.25) is 0 Å². The molecule has 0 atom stereocenters. The van der Waals surface area contributed by atoms with Gasteiger partial charge in [-0.05, 0) is 80.2 Å². The maximum Gasteiger partial charge on any atom is 0.224 e. The molecule has 1 aliphatic heterocycles. The Morgan fingerprint density at radius 3 is 2.53 bits per heavy atom. The van der Waals surface area contributed by atoms with Crippen LogP contribution in [-0.4, -0.2) is 50.3 Å². The minimum Gasteiger partial charge on any atom is -0.493 e. The summed E-state index contributed by atoms with van der Waals surface area (Å²) < 4.78 is 11.3. The molecule has 30 heavy (non-hydrogen) atoms. The lowest BCUT2D eigenvalue weighted by Gasteiger charge is -2.54. The van der Waals surface area contributed by atoms with E-state index in [2.05, 4.69) is 10.2 Å². The predicted octanol–water partition coefficient (Wildman–Crippen LogP) is 4.19. The van der Waals surface area contributed by atoms with Gasteiger partial charge in [0.25, 0.3) is 0 Å². The molecule has 0 aromatic heterocycles. The zero-order valence-corrected chi connectivity index (χ0v) is 18.1. The Morgan fingerprint density at radius 2 is 1.80 bits per heavy atom. The molecule has 1 N–H and O–H groups in total. The van der Waals surface area contributed by atoms with Crippen molar-refractivity contribution in [2.45, 2.75) is 44.9 Å². The number of amides is 1. The van der Waals surface area contributed by atoms with Crippen molar-refractivity contribution in [1.29, 1.82) is 0 Å². The molecule has 6 rings (SSSR count). The van der Waals surface area contributed by atoms with E-state index in [9.17, 15) is 4.79 Å². The molecule has 1 aromatic carbocycles. The summed E-state index contributed by atoms with van der Waals surface area (Å²) in [5.74, 6) is 5.15. The SMILES string of the molecule is O=C(CC1C2CC3CC(C2)CC1C3)Nc1cccc(OCCCN2CCOCC2)c1. The Bertz CT molecular complexity index is 703. The largest absolute Gasteiger partial charge is 0.493 e. The first-order valence-electron chi connectivity index (χ1n) is 12.1. The molecule has 1 aromatic rings. The molecule has 5 heteroatoms. The number of nitrogens with one attached hydrogen (secondary N) is 1. The molecule has 5 fully saturated rings. The van der Waals surface area contributed by atoms with E-state index in [1.807, 2.05) is 24.3 Å². The summed E-state index contributed by atoms with van der Waals surface area (Å²) in [5, 5.41) is 3.14. The number of carbonyl (C=O) groups is 1. The summed E-state index contributed by atoms with van der Waals surface area (Å²) >= 11 is 0. The highest BCUT2D eigenvalue weighted by atomic mass is 16.5. The van der Waals surface area contributed by atoms with Crippen LogP contribution in [0.4, 0.5) is 5.69 Å². The lowest BCUT2D eigenvalue weighted by atomic mass is 9.51. The zero-order chi connectivity index (χ0) is 20.3. The molecule has 164 valence electrons. The van der Waals surface area contributed by atoms with Crippen molar-refractivity contribution in [2.24, 2.45) is 29.6 Å². The number of ether oxygens (including phenoxy) is 2. The van der Waals surface area contributed by atoms with E-state index in [-0.39, 0.29) is 5.91 Å². The molecule has 4 bridgehead atoms. The van der Waals surface area contributed by atoms with Crippen molar-refractivity contribution in [3.8, 4) is 5.75 Å². The number of hydrogen-bond acceptors (Lipinski definition) is 4. The third kappa shape index (κ3) is 4.83. The lowest BCUT2D eigenvalue weighted by molar-refractivity contribution is -0.121. The number of morpholine rings is 1.